The summed E-state index contributed by atoms with van der Waals surface area (Å²) in [5.74, 6) is 0.413. The fraction of sp³-hybridized carbons (Fsp3) is 0.375. The van der Waals surface area contributed by atoms with Gasteiger partial charge in [-0.1, -0.05) is 6.07 Å². The SMILES string of the molecule is Cc1ccc(N)cc1C(=O)N1CCCC(c2ccn[nH]2)C1. The first-order chi connectivity index (χ1) is 10.1. The lowest BCUT2D eigenvalue weighted by Crippen LogP contribution is -2.39. The van der Waals surface area contributed by atoms with E-state index in [9.17, 15) is 4.79 Å². The lowest BCUT2D eigenvalue weighted by atomic mass is 9.94. The summed E-state index contributed by atoms with van der Waals surface area (Å²) >= 11 is 0. The molecule has 1 aliphatic heterocycles. The Morgan fingerprint density at radius 1 is 1.43 bits per heavy atom. The normalized spacial score (nSPS) is 18.7. The van der Waals surface area contributed by atoms with Crippen LogP contribution in [0.25, 0.3) is 0 Å². The molecule has 0 radical (unpaired) electrons. The maximum Gasteiger partial charge on any atom is 0.254 e. The Morgan fingerprint density at radius 2 is 2.29 bits per heavy atom. The van der Waals surface area contributed by atoms with Crippen LogP contribution in [0.15, 0.2) is 30.5 Å². The highest BCUT2D eigenvalue weighted by atomic mass is 16.2. The van der Waals surface area contributed by atoms with E-state index in [1.165, 1.54) is 0 Å². The summed E-state index contributed by atoms with van der Waals surface area (Å²) in [5.41, 5.74) is 9.23. The van der Waals surface area contributed by atoms with Crippen LogP contribution in [0.2, 0.25) is 0 Å². The zero-order valence-corrected chi connectivity index (χ0v) is 12.2. The number of piperidine rings is 1. The van der Waals surface area contributed by atoms with Gasteiger partial charge in [0.05, 0.1) is 0 Å². The number of nitrogens with zero attached hydrogens (tertiary/aromatic N) is 2. The van der Waals surface area contributed by atoms with Crippen LogP contribution < -0.4 is 5.73 Å². The highest BCUT2D eigenvalue weighted by Crippen LogP contribution is 2.27. The molecule has 1 aromatic carbocycles. The minimum Gasteiger partial charge on any atom is -0.399 e. The number of likely N-dealkylation sites (tertiary alicyclic amines) is 1. The molecule has 3 N–H and O–H groups in total. The van der Waals surface area contributed by atoms with Crippen molar-refractivity contribution in [1.29, 1.82) is 0 Å². The number of anilines is 1. The maximum absolute atomic E-state index is 12.7. The quantitative estimate of drug-likeness (QED) is 0.831. The van der Waals surface area contributed by atoms with Crippen LogP contribution in [0.5, 0.6) is 0 Å². The Hall–Kier alpha value is -2.30. The van der Waals surface area contributed by atoms with Crippen LogP contribution in [-0.4, -0.2) is 34.1 Å². The van der Waals surface area contributed by atoms with E-state index >= 15 is 0 Å². The van der Waals surface area contributed by atoms with Gasteiger partial charge in [-0.3, -0.25) is 9.89 Å². The first kappa shape index (κ1) is 13.7. The van der Waals surface area contributed by atoms with Gasteiger partial charge in [-0.2, -0.15) is 5.10 Å². The van der Waals surface area contributed by atoms with E-state index in [1.54, 1.807) is 12.3 Å². The van der Waals surface area contributed by atoms with Crippen molar-refractivity contribution < 1.29 is 4.79 Å². The highest BCUT2D eigenvalue weighted by molar-refractivity contribution is 5.96. The number of nitrogens with one attached hydrogen (secondary N) is 1. The Labute approximate surface area is 124 Å². The van der Waals surface area contributed by atoms with Crippen molar-refractivity contribution in [1.82, 2.24) is 15.1 Å². The van der Waals surface area contributed by atoms with Crippen LogP contribution in [0, 0.1) is 6.92 Å². The monoisotopic (exact) mass is 284 g/mol. The standard InChI is InChI=1S/C16H20N4O/c1-11-4-5-13(17)9-14(11)16(21)20-8-2-3-12(10-20)15-6-7-18-19-15/h4-7,9,12H,2-3,8,10,17H2,1H3,(H,18,19). The molecule has 0 saturated carbocycles. The third-order valence-electron chi connectivity index (χ3n) is 4.16. The zero-order valence-electron chi connectivity index (χ0n) is 12.2. The molecular formula is C16H20N4O. The smallest absolute Gasteiger partial charge is 0.254 e. The van der Waals surface area contributed by atoms with Crippen molar-refractivity contribution in [3.63, 3.8) is 0 Å². The van der Waals surface area contributed by atoms with E-state index in [0.717, 1.165) is 37.2 Å². The summed E-state index contributed by atoms with van der Waals surface area (Å²) in [6.07, 6.45) is 3.86. The Bertz CT molecular complexity index is 636. The Balaban J connectivity index is 1.79. The van der Waals surface area contributed by atoms with Crippen LogP contribution in [-0.2, 0) is 0 Å². The van der Waals surface area contributed by atoms with Crippen molar-refractivity contribution in [3.05, 3.63) is 47.3 Å². The van der Waals surface area contributed by atoms with E-state index in [1.807, 2.05) is 30.0 Å². The molecule has 5 heteroatoms. The molecule has 1 fully saturated rings. The number of hydrogen-bond donors (Lipinski definition) is 2. The van der Waals surface area contributed by atoms with Crippen LogP contribution in [0.3, 0.4) is 0 Å². The largest absolute Gasteiger partial charge is 0.399 e. The van der Waals surface area contributed by atoms with Gasteiger partial charge in [0.15, 0.2) is 0 Å². The topological polar surface area (TPSA) is 75.0 Å². The number of rotatable bonds is 2. The molecule has 1 atom stereocenters. The number of carbonyl (C=O) groups excluding carboxylic acids is 1. The predicted molar refractivity (Wildman–Crippen MR) is 82.1 cm³/mol. The number of aromatic nitrogens is 2. The highest BCUT2D eigenvalue weighted by Gasteiger charge is 2.26. The number of nitrogens with two attached hydrogens (primary N) is 1. The first-order valence-corrected chi connectivity index (χ1v) is 7.30. The van der Waals surface area contributed by atoms with Gasteiger partial charge in [-0.15, -0.1) is 0 Å². The predicted octanol–water partition coefficient (Wildman–Crippen LogP) is 2.32. The summed E-state index contributed by atoms with van der Waals surface area (Å²) in [7, 11) is 0. The number of benzene rings is 1. The molecule has 3 rings (SSSR count). The molecule has 0 spiro atoms. The van der Waals surface area contributed by atoms with Gasteiger partial charge in [0.2, 0.25) is 0 Å². The van der Waals surface area contributed by atoms with Crippen LogP contribution in [0.4, 0.5) is 5.69 Å². The molecule has 5 nitrogen and oxygen atoms in total. The third-order valence-corrected chi connectivity index (χ3v) is 4.16. The Kier molecular flexibility index (Phi) is 3.64. The minimum atomic E-state index is 0.0732. The van der Waals surface area contributed by atoms with Crippen molar-refractivity contribution >= 4 is 11.6 Å². The van der Waals surface area contributed by atoms with Gasteiger partial charge in [-0.25, -0.2) is 0 Å². The van der Waals surface area contributed by atoms with E-state index in [0.29, 0.717) is 17.2 Å². The number of nitrogen functional groups attached to an aromatic ring is 1. The van der Waals surface area contributed by atoms with Gasteiger partial charge in [0, 0.05) is 42.1 Å². The van der Waals surface area contributed by atoms with Crippen molar-refractivity contribution in [3.8, 4) is 0 Å². The van der Waals surface area contributed by atoms with Gasteiger partial charge in [0.1, 0.15) is 0 Å². The molecule has 1 amide bonds. The molecule has 110 valence electrons. The van der Waals surface area contributed by atoms with Gasteiger partial charge in [0.25, 0.3) is 5.91 Å². The van der Waals surface area contributed by atoms with Crippen molar-refractivity contribution in [2.24, 2.45) is 0 Å². The van der Waals surface area contributed by atoms with E-state index < -0.39 is 0 Å². The van der Waals surface area contributed by atoms with Gasteiger partial charge >= 0.3 is 0 Å². The fourth-order valence-corrected chi connectivity index (χ4v) is 2.95. The average Bonchev–Trinajstić information content (AvgIpc) is 3.03. The molecule has 2 heterocycles. The van der Waals surface area contributed by atoms with E-state index in [4.69, 9.17) is 5.73 Å². The van der Waals surface area contributed by atoms with Gasteiger partial charge in [-0.05, 0) is 43.5 Å². The van der Waals surface area contributed by atoms with E-state index in [-0.39, 0.29) is 5.91 Å². The maximum atomic E-state index is 12.7. The number of H-pyrrole nitrogens is 1. The average molecular weight is 284 g/mol. The minimum absolute atomic E-state index is 0.0732. The summed E-state index contributed by atoms with van der Waals surface area (Å²) in [5, 5.41) is 7.02. The summed E-state index contributed by atoms with van der Waals surface area (Å²) in [4.78, 5) is 14.7. The number of aryl methyl sites for hydroxylation is 1. The Morgan fingerprint density at radius 3 is 3.05 bits per heavy atom. The number of aromatic amines is 1. The lowest BCUT2D eigenvalue weighted by molar-refractivity contribution is 0.0705. The lowest BCUT2D eigenvalue weighted by Gasteiger charge is -2.32. The zero-order chi connectivity index (χ0) is 14.8. The second-order valence-corrected chi connectivity index (χ2v) is 5.68. The number of carbonyl (C=O) groups is 1. The number of amides is 1. The van der Waals surface area contributed by atoms with Crippen molar-refractivity contribution in [2.45, 2.75) is 25.7 Å². The van der Waals surface area contributed by atoms with Crippen LogP contribution in [0.1, 0.15) is 40.4 Å². The molecule has 0 bridgehead atoms. The summed E-state index contributed by atoms with van der Waals surface area (Å²) in [6.45, 7) is 3.48. The third kappa shape index (κ3) is 2.77. The molecule has 1 saturated heterocycles. The van der Waals surface area contributed by atoms with Crippen molar-refractivity contribution in [2.75, 3.05) is 18.8 Å². The van der Waals surface area contributed by atoms with E-state index in [2.05, 4.69) is 10.2 Å². The molecular weight excluding hydrogens is 264 g/mol. The molecule has 1 unspecified atom stereocenters. The fourth-order valence-electron chi connectivity index (χ4n) is 2.95. The first-order valence-electron chi connectivity index (χ1n) is 7.30. The van der Waals surface area contributed by atoms with Crippen LogP contribution >= 0.6 is 0 Å². The number of hydrogen-bond acceptors (Lipinski definition) is 3. The van der Waals surface area contributed by atoms with Gasteiger partial charge < -0.3 is 10.6 Å². The molecule has 1 aromatic heterocycles. The second-order valence-electron chi connectivity index (χ2n) is 5.68. The second kappa shape index (κ2) is 5.60. The molecule has 2 aromatic rings. The molecule has 1 aliphatic rings. The summed E-state index contributed by atoms with van der Waals surface area (Å²) < 4.78 is 0. The molecule has 0 aliphatic carbocycles. The summed E-state index contributed by atoms with van der Waals surface area (Å²) in [6, 6.07) is 7.50. The molecule has 21 heavy (non-hydrogen) atoms.